The number of amides is 1. The zero-order valence-electron chi connectivity index (χ0n) is 13.9. The van der Waals surface area contributed by atoms with Gasteiger partial charge in [-0.2, -0.15) is 13.2 Å². The van der Waals surface area contributed by atoms with Crippen molar-refractivity contribution in [1.29, 1.82) is 0 Å². The maximum absolute atomic E-state index is 13.0. The topological polar surface area (TPSA) is 20.3 Å². The number of benzene rings is 1. The van der Waals surface area contributed by atoms with Crippen LogP contribution in [0.25, 0.3) is 0 Å². The number of anilines is 1. The van der Waals surface area contributed by atoms with E-state index < -0.39 is 18.0 Å². The van der Waals surface area contributed by atoms with Gasteiger partial charge in [0.15, 0.2) is 0 Å². The molecule has 2 atom stereocenters. The first-order valence-corrected chi connectivity index (χ1v) is 8.18. The van der Waals surface area contributed by atoms with Gasteiger partial charge < -0.3 is 4.90 Å². The van der Waals surface area contributed by atoms with Gasteiger partial charge in [-0.15, -0.1) is 0 Å². The van der Waals surface area contributed by atoms with Crippen molar-refractivity contribution in [3.63, 3.8) is 0 Å². The highest BCUT2D eigenvalue weighted by Crippen LogP contribution is 2.40. The number of carbonyl (C=O) groups excluding carboxylic acids is 1. The molecule has 1 saturated carbocycles. The van der Waals surface area contributed by atoms with Gasteiger partial charge in [-0.3, -0.25) is 4.79 Å². The van der Waals surface area contributed by atoms with Crippen LogP contribution in [0, 0.1) is 25.7 Å². The first-order valence-electron chi connectivity index (χ1n) is 8.18. The monoisotopic (exact) mass is 327 g/mol. The maximum atomic E-state index is 13.0. The van der Waals surface area contributed by atoms with Gasteiger partial charge in [0.1, 0.15) is 0 Å². The molecule has 128 valence electrons. The molecule has 0 N–H and O–H groups in total. The molecule has 2 nitrogen and oxygen atoms in total. The third-order valence-corrected chi connectivity index (χ3v) is 4.59. The molecule has 5 heteroatoms. The van der Waals surface area contributed by atoms with Gasteiger partial charge in [0.25, 0.3) is 0 Å². The van der Waals surface area contributed by atoms with E-state index in [9.17, 15) is 18.0 Å². The third kappa shape index (κ3) is 4.27. The molecule has 0 aliphatic heterocycles. The number of halogens is 3. The first kappa shape index (κ1) is 17.8. The summed E-state index contributed by atoms with van der Waals surface area (Å²) in [5.74, 6) is -2.05. The van der Waals surface area contributed by atoms with E-state index >= 15 is 0 Å². The Bertz CT molecular complexity index is 548. The Morgan fingerprint density at radius 2 is 1.78 bits per heavy atom. The fraction of sp³-hybridized carbons (Fsp3) is 0.611. The first-order chi connectivity index (χ1) is 10.7. The molecular weight excluding hydrogens is 303 g/mol. The molecule has 0 aromatic heterocycles. The highest BCUT2D eigenvalue weighted by Gasteiger charge is 2.44. The van der Waals surface area contributed by atoms with Crippen molar-refractivity contribution in [2.75, 3.05) is 11.4 Å². The SMILES string of the molecule is CCN(C(=O)C1CCCC(C(F)(F)F)C1)c1cc(C)cc(C)c1. The summed E-state index contributed by atoms with van der Waals surface area (Å²) < 4.78 is 38.9. The highest BCUT2D eigenvalue weighted by molar-refractivity contribution is 5.95. The molecule has 0 radical (unpaired) electrons. The van der Waals surface area contributed by atoms with E-state index in [0.29, 0.717) is 19.4 Å². The van der Waals surface area contributed by atoms with E-state index in [1.54, 1.807) is 4.90 Å². The van der Waals surface area contributed by atoms with Crippen molar-refractivity contribution in [1.82, 2.24) is 0 Å². The Hall–Kier alpha value is -1.52. The smallest absolute Gasteiger partial charge is 0.312 e. The quantitative estimate of drug-likeness (QED) is 0.763. The molecule has 1 aliphatic rings. The number of hydrogen-bond acceptors (Lipinski definition) is 1. The van der Waals surface area contributed by atoms with Crippen molar-refractivity contribution in [2.45, 2.75) is 52.6 Å². The average Bonchev–Trinajstić information content (AvgIpc) is 2.46. The van der Waals surface area contributed by atoms with Crippen LogP contribution in [0.4, 0.5) is 18.9 Å². The molecule has 1 aliphatic carbocycles. The molecular formula is C18H24F3NO. The van der Waals surface area contributed by atoms with Crippen molar-refractivity contribution < 1.29 is 18.0 Å². The molecule has 2 unspecified atom stereocenters. The van der Waals surface area contributed by atoms with Crippen LogP contribution in [-0.2, 0) is 4.79 Å². The standard InChI is InChI=1S/C18H24F3NO/c1-4-22(16-9-12(2)8-13(3)10-16)17(23)14-6-5-7-15(11-14)18(19,20)21/h8-10,14-15H,4-7,11H2,1-3H3. The second-order valence-electron chi connectivity index (χ2n) is 6.53. The second kappa shape index (κ2) is 6.93. The summed E-state index contributed by atoms with van der Waals surface area (Å²) in [4.78, 5) is 14.4. The summed E-state index contributed by atoms with van der Waals surface area (Å²) in [6.45, 7) is 6.23. The Labute approximate surface area is 135 Å². The lowest BCUT2D eigenvalue weighted by Gasteiger charge is -2.33. The molecule has 0 saturated heterocycles. The maximum Gasteiger partial charge on any atom is 0.391 e. The van der Waals surface area contributed by atoms with Gasteiger partial charge in [0, 0.05) is 18.2 Å². The van der Waals surface area contributed by atoms with Crippen LogP contribution < -0.4 is 4.90 Å². The highest BCUT2D eigenvalue weighted by atomic mass is 19.4. The molecule has 0 bridgehead atoms. The number of aryl methyl sites for hydroxylation is 2. The number of nitrogens with zero attached hydrogens (tertiary/aromatic N) is 1. The van der Waals surface area contributed by atoms with Crippen LogP contribution in [0.5, 0.6) is 0 Å². The molecule has 1 amide bonds. The third-order valence-electron chi connectivity index (χ3n) is 4.59. The predicted octanol–water partition coefficient (Wildman–Crippen LogP) is 5.03. The normalized spacial score (nSPS) is 22.0. The molecule has 23 heavy (non-hydrogen) atoms. The van der Waals surface area contributed by atoms with Crippen LogP contribution in [0.1, 0.15) is 43.7 Å². The van der Waals surface area contributed by atoms with Gasteiger partial charge in [0.2, 0.25) is 5.91 Å². The van der Waals surface area contributed by atoms with Gasteiger partial charge >= 0.3 is 6.18 Å². The molecule has 1 fully saturated rings. The Morgan fingerprint density at radius 1 is 1.17 bits per heavy atom. The number of alkyl halides is 3. The van der Waals surface area contributed by atoms with Gasteiger partial charge in [-0.25, -0.2) is 0 Å². The minimum atomic E-state index is -4.20. The fourth-order valence-corrected chi connectivity index (χ4v) is 3.50. The summed E-state index contributed by atoms with van der Waals surface area (Å²) in [5.41, 5.74) is 2.87. The lowest BCUT2D eigenvalue weighted by Crippen LogP contribution is -2.40. The van der Waals surface area contributed by atoms with Crippen LogP contribution >= 0.6 is 0 Å². The molecule has 2 rings (SSSR count). The number of hydrogen-bond donors (Lipinski definition) is 0. The minimum absolute atomic E-state index is 0.0797. The van der Waals surface area contributed by atoms with Gasteiger partial charge in [0.05, 0.1) is 5.92 Å². The Balaban J connectivity index is 2.19. The summed E-state index contributed by atoms with van der Waals surface area (Å²) in [6, 6.07) is 5.85. The van der Waals surface area contributed by atoms with E-state index in [0.717, 1.165) is 16.8 Å². The van der Waals surface area contributed by atoms with E-state index in [-0.39, 0.29) is 18.7 Å². The lowest BCUT2D eigenvalue weighted by molar-refractivity contribution is -0.186. The molecule has 0 spiro atoms. The lowest BCUT2D eigenvalue weighted by atomic mass is 9.80. The Morgan fingerprint density at radius 3 is 2.30 bits per heavy atom. The average molecular weight is 327 g/mol. The zero-order chi connectivity index (χ0) is 17.2. The van der Waals surface area contributed by atoms with Crippen LogP contribution in [0.3, 0.4) is 0 Å². The largest absolute Gasteiger partial charge is 0.391 e. The fourth-order valence-electron chi connectivity index (χ4n) is 3.50. The molecule has 1 aromatic rings. The van der Waals surface area contributed by atoms with Crippen LogP contribution in [0.2, 0.25) is 0 Å². The van der Waals surface area contributed by atoms with E-state index in [2.05, 4.69) is 0 Å². The summed E-state index contributed by atoms with van der Waals surface area (Å²) in [6.07, 6.45) is -3.12. The van der Waals surface area contributed by atoms with Gasteiger partial charge in [-0.05, 0) is 63.3 Å². The van der Waals surface area contributed by atoms with Gasteiger partial charge in [-0.1, -0.05) is 12.5 Å². The minimum Gasteiger partial charge on any atom is -0.312 e. The van der Waals surface area contributed by atoms with E-state index in [4.69, 9.17) is 0 Å². The molecule has 1 aromatic carbocycles. The van der Waals surface area contributed by atoms with Crippen LogP contribution in [-0.4, -0.2) is 18.6 Å². The predicted molar refractivity (Wildman–Crippen MR) is 85.4 cm³/mol. The van der Waals surface area contributed by atoms with Crippen molar-refractivity contribution in [2.24, 2.45) is 11.8 Å². The number of carbonyl (C=O) groups is 1. The van der Waals surface area contributed by atoms with Crippen molar-refractivity contribution in [3.05, 3.63) is 29.3 Å². The zero-order valence-corrected chi connectivity index (χ0v) is 13.9. The van der Waals surface area contributed by atoms with E-state index in [1.165, 1.54) is 0 Å². The number of rotatable bonds is 3. The second-order valence-corrected chi connectivity index (χ2v) is 6.53. The van der Waals surface area contributed by atoms with Crippen molar-refractivity contribution in [3.8, 4) is 0 Å². The van der Waals surface area contributed by atoms with Crippen molar-refractivity contribution >= 4 is 11.6 Å². The summed E-state index contributed by atoms with van der Waals surface area (Å²) >= 11 is 0. The molecule has 0 heterocycles. The van der Waals surface area contributed by atoms with E-state index in [1.807, 2.05) is 39.0 Å². The summed E-state index contributed by atoms with van der Waals surface area (Å²) in [5, 5.41) is 0. The van der Waals surface area contributed by atoms with Crippen LogP contribution in [0.15, 0.2) is 18.2 Å². The summed E-state index contributed by atoms with van der Waals surface area (Å²) in [7, 11) is 0. The Kier molecular flexibility index (Phi) is 5.37.